The number of rotatable bonds is 18. The summed E-state index contributed by atoms with van der Waals surface area (Å²) < 4.78 is 4.95. The van der Waals surface area contributed by atoms with Crippen LogP contribution < -0.4 is 4.57 Å². The standard InChI is InChI=1S/C34H51N2/c1-4-6-8-9-10-11-12-13-20-26-35-27-28-36(30-35)33(25-7-5-2)34(3,32-23-18-15-19-24-32)29-31-21-16-14-17-22-31/h14-19,21-24,27-28,30,33H,4-13,20,25-26,29H2,1-3H3/q+1. The lowest BCUT2D eigenvalue weighted by atomic mass is 9.70. The Morgan fingerprint density at radius 3 is 1.94 bits per heavy atom. The smallest absolute Gasteiger partial charge is 0.237 e. The minimum Gasteiger partial charge on any atom is -0.237 e. The van der Waals surface area contributed by atoms with Crippen molar-refractivity contribution >= 4 is 0 Å². The maximum absolute atomic E-state index is 2.53. The first-order valence-corrected chi connectivity index (χ1v) is 14.8. The van der Waals surface area contributed by atoms with E-state index in [1.165, 1.54) is 88.2 Å². The van der Waals surface area contributed by atoms with Crippen LogP contribution in [-0.4, -0.2) is 4.57 Å². The first-order valence-electron chi connectivity index (χ1n) is 14.8. The quantitative estimate of drug-likeness (QED) is 0.125. The first-order chi connectivity index (χ1) is 17.7. The van der Waals surface area contributed by atoms with Gasteiger partial charge in [-0.1, -0.05) is 133 Å². The van der Waals surface area contributed by atoms with Crippen LogP contribution in [-0.2, 0) is 18.4 Å². The van der Waals surface area contributed by atoms with Gasteiger partial charge in [0.25, 0.3) is 0 Å². The molecule has 0 aliphatic heterocycles. The third-order valence-electron chi connectivity index (χ3n) is 8.01. The Hall–Kier alpha value is -2.35. The molecule has 0 amide bonds. The second-order valence-electron chi connectivity index (χ2n) is 11.0. The van der Waals surface area contributed by atoms with Gasteiger partial charge in [-0.05, 0) is 43.2 Å². The van der Waals surface area contributed by atoms with Crippen LogP contribution in [0.3, 0.4) is 0 Å². The van der Waals surface area contributed by atoms with Crippen molar-refractivity contribution in [3.63, 3.8) is 0 Å². The Balaban J connectivity index is 1.68. The number of aryl methyl sites for hydroxylation is 1. The van der Waals surface area contributed by atoms with Crippen molar-refractivity contribution in [1.29, 1.82) is 0 Å². The van der Waals surface area contributed by atoms with Gasteiger partial charge in [-0.15, -0.1) is 0 Å². The van der Waals surface area contributed by atoms with Crippen molar-refractivity contribution in [2.75, 3.05) is 0 Å². The van der Waals surface area contributed by atoms with Crippen LogP contribution >= 0.6 is 0 Å². The molecule has 0 saturated carbocycles. The van der Waals surface area contributed by atoms with Crippen LogP contribution in [0.4, 0.5) is 0 Å². The van der Waals surface area contributed by atoms with Gasteiger partial charge in [0.1, 0.15) is 18.4 Å². The highest BCUT2D eigenvalue weighted by atomic mass is 15.1. The third kappa shape index (κ3) is 8.64. The molecule has 0 radical (unpaired) electrons. The van der Waals surface area contributed by atoms with E-state index in [2.05, 4.69) is 109 Å². The third-order valence-corrected chi connectivity index (χ3v) is 8.01. The number of hydrogen-bond donors (Lipinski definition) is 0. The Morgan fingerprint density at radius 1 is 0.722 bits per heavy atom. The highest BCUT2D eigenvalue weighted by molar-refractivity contribution is 5.30. The van der Waals surface area contributed by atoms with Crippen LogP contribution in [0.25, 0.3) is 0 Å². The highest BCUT2D eigenvalue weighted by Gasteiger charge is 2.40. The second-order valence-corrected chi connectivity index (χ2v) is 11.0. The maximum atomic E-state index is 2.53. The van der Waals surface area contributed by atoms with Crippen LogP contribution in [0.2, 0.25) is 0 Å². The summed E-state index contributed by atoms with van der Waals surface area (Å²) in [5.74, 6) is 0. The molecule has 0 spiro atoms. The average Bonchev–Trinajstić information content (AvgIpc) is 3.37. The van der Waals surface area contributed by atoms with Gasteiger partial charge >= 0.3 is 0 Å². The Labute approximate surface area is 221 Å². The van der Waals surface area contributed by atoms with Crippen LogP contribution in [0.15, 0.2) is 79.4 Å². The number of hydrogen-bond acceptors (Lipinski definition) is 0. The summed E-state index contributed by atoms with van der Waals surface area (Å²) in [6.45, 7) is 8.22. The fourth-order valence-corrected chi connectivity index (χ4v) is 5.78. The molecule has 0 fully saturated rings. The molecule has 2 nitrogen and oxygen atoms in total. The van der Waals surface area contributed by atoms with E-state index in [0.29, 0.717) is 6.04 Å². The summed E-state index contributed by atoms with van der Waals surface area (Å²) in [5, 5.41) is 0. The fraction of sp³-hybridized carbons (Fsp3) is 0.559. The molecule has 0 aliphatic carbocycles. The van der Waals surface area contributed by atoms with Gasteiger partial charge in [-0.3, -0.25) is 0 Å². The molecular weight excluding hydrogens is 436 g/mol. The minimum absolute atomic E-state index is 0.0202. The molecule has 3 aromatic rings. The lowest BCUT2D eigenvalue weighted by molar-refractivity contribution is -0.697. The van der Waals surface area contributed by atoms with Crippen LogP contribution in [0, 0.1) is 0 Å². The maximum Gasteiger partial charge on any atom is 0.244 e. The zero-order chi connectivity index (χ0) is 25.5. The number of nitrogens with zero attached hydrogens (tertiary/aromatic N) is 2. The topological polar surface area (TPSA) is 8.81 Å². The summed E-state index contributed by atoms with van der Waals surface area (Å²) >= 11 is 0. The van der Waals surface area contributed by atoms with Crippen molar-refractivity contribution in [1.82, 2.24) is 4.57 Å². The molecule has 0 bridgehead atoms. The van der Waals surface area contributed by atoms with E-state index in [1.807, 2.05) is 0 Å². The molecule has 0 saturated heterocycles. The lowest BCUT2D eigenvalue weighted by Crippen LogP contribution is -2.38. The normalized spacial score (nSPS) is 14.0. The molecule has 2 unspecified atom stereocenters. The number of imidazole rings is 1. The highest BCUT2D eigenvalue weighted by Crippen LogP contribution is 2.41. The van der Waals surface area contributed by atoms with Gasteiger partial charge < -0.3 is 0 Å². The Bertz CT molecular complexity index is 946. The van der Waals surface area contributed by atoms with E-state index in [9.17, 15) is 0 Å². The zero-order valence-electron chi connectivity index (χ0n) is 23.4. The monoisotopic (exact) mass is 487 g/mol. The van der Waals surface area contributed by atoms with Crippen molar-refractivity contribution in [2.45, 2.75) is 122 Å². The van der Waals surface area contributed by atoms with Crippen molar-refractivity contribution in [3.8, 4) is 0 Å². The zero-order valence-corrected chi connectivity index (χ0v) is 23.4. The van der Waals surface area contributed by atoms with Gasteiger partial charge in [0.2, 0.25) is 6.33 Å². The van der Waals surface area contributed by atoms with Crippen LogP contribution in [0.1, 0.15) is 115 Å². The molecule has 1 heterocycles. The predicted octanol–water partition coefficient (Wildman–Crippen LogP) is 9.24. The van der Waals surface area contributed by atoms with E-state index in [1.54, 1.807) is 0 Å². The van der Waals surface area contributed by atoms with Gasteiger partial charge in [-0.2, -0.15) is 0 Å². The molecule has 0 N–H and O–H groups in total. The Morgan fingerprint density at radius 2 is 1.31 bits per heavy atom. The molecule has 2 heteroatoms. The fourth-order valence-electron chi connectivity index (χ4n) is 5.78. The van der Waals surface area contributed by atoms with Crippen molar-refractivity contribution in [2.24, 2.45) is 0 Å². The van der Waals surface area contributed by atoms with Crippen molar-refractivity contribution in [3.05, 3.63) is 90.5 Å². The molecule has 1 aromatic heterocycles. The summed E-state index contributed by atoms with van der Waals surface area (Å²) in [6, 6.07) is 22.7. The largest absolute Gasteiger partial charge is 0.244 e. The molecule has 0 aliphatic rings. The summed E-state index contributed by atoms with van der Waals surface area (Å²) in [4.78, 5) is 0. The lowest BCUT2D eigenvalue weighted by Gasteiger charge is -2.36. The summed E-state index contributed by atoms with van der Waals surface area (Å²) in [5.41, 5.74) is 2.88. The van der Waals surface area contributed by atoms with E-state index < -0.39 is 0 Å². The first kappa shape index (κ1) is 28.2. The second kappa shape index (κ2) is 15.7. The molecule has 3 rings (SSSR count). The van der Waals surface area contributed by atoms with E-state index in [4.69, 9.17) is 0 Å². The average molecular weight is 488 g/mol. The molecule has 196 valence electrons. The molecular formula is C34H51N2+. The Kier molecular flexibility index (Phi) is 12.3. The van der Waals surface area contributed by atoms with Gasteiger partial charge in [0.15, 0.2) is 0 Å². The molecule has 2 aromatic carbocycles. The van der Waals surface area contributed by atoms with Gasteiger partial charge in [0.05, 0.1) is 6.54 Å². The van der Waals surface area contributed by atoms with Crippen molar-refractivity contribution < 1.29 is 4.57 Å². The van der Waals surface area contributed by atoms with Gasteiger partial charge in [-0.25, -0.2) is 9.13 Å². The van der Waals surface area contributed by atoms with E-state index >= 15 is 0 Å². The van der Waals surface area contributed by atoms with E-state index in [-0.39, 0.29) is 5.41 Å². The number of unbranched alkanes of at least 4 members (excludes halogenated alkanes) is 9. The number of benzene rings is 2. The minimum atomic E-state index is 0.0202. The number of aromatic nitrogens is 2. The van der Waals surface area contributed by atoms with E-state index in [0.717, 1.165) is 13.0 Å². The molecule has 36 heavy (non-hydrogen) atoms. The van der Waals surface area contributed by atoms with Crippen LogP contribution in [0.5, 0.6) is 0 Å². The SMILES string of the molecule is CCCCCCCCCCC[n+]1ccn(C(CCCC)C(C)(Cc2ccccc2)c2ccccc2)c1. The summed E-state index contributed by atoms with van der Waals surface area (Å²) in [7, 11) is 0. The molecule has 2 atom stereocenters. The summed E-state index contributed by atoms with van der Waals surface area (Å²) in [6.07, 6.45) is 24.2. The predicted molar refractivity (Wildman–Crippen MR) is 154 cm³/mol. The van der Waals surface area contributed by atoms with Gasteiger partial charge in [0, 0.05) is 5.41 Å².